The van der Waals surface area contributed by atoms with Crippen molar-refractivity contribution in [3.05, 3.63) is 0 Å². The van der Waals surface area contributed by atoms with E-state index >= 15 is 0 Å². The summed E-state index contributed by atoms with van der Waals surface area (Å²) in [6.07, 6.45) is 3.41. The lowest BCUT2D eigenvalue weighted by Gasteiger charge is -1.96. The van der Waals surface area contributed by atoms with Gasteiger partial charge in [0.1, 0.15) is 0 Å². The predicted molar refractivity (Wildman–Crippen MR) is 41.4 cm³/mol. The van der Waals surface area contributed by atoms with Gasteiger partial charge in [0.15, 0.2) is 0 Å². The van der Waals surface area contributed by atoms with Gasteiger partial charge in [-0.2, -0.15) is 11.8 Å². The summed E-state index contributed by atoms with van der Waals surface area (Å²) in [6, 6.07) is 0. The van der Waals surface area contributed by atoms with Gasteiger partial charge in [0, 0.05) is 4.83 Å². The monoisotopic (exact) mass is 182 g/mol. The van der Waals surface area contributed by atoms with Gasteiger partial charge in [-0.1, -0.05) is 22.9 Å². The number of thioether (sulfide) groups is 1. The van der Waals surface area contributed by atoms with E-state index in [1.54, 1.807) is 0 Å². The molecule has 2 heteroatoms. The van der Waals surface area contributed by atoms with Gasteiger partial charge in [-0.15, -0.1) is 0 Å². The zero-order valence-corrected chi connectivity index (χ0v) is 7.18. The van der Waals surface area contributed by atoms with E-state index in [1.165, 1.54) is 12.2 Å². The summed E-state index contributed by atoms with van der Waals surface area (Å²) in [7, 11) is 0. The molecule has 1 unspecified atom stereocenters. The average molecular weight is 183 g/mol. The van der Waals surface area contributed by atoms with Crippen LogP contribution in [0.5, 0.6) is 0 Å². The molecular weight excluding hydrogens is 172 g/mol. The standard InChI is InChI=1S/C5H11BrS/c1-5(6)3-4-7-2/h5H,3-4H2,1-2H3. The zero-order valence-electron chi connectivity index (χ0n) is 4.78. The first-order chi connectivity index (χ1) is 3.27. The molecule has 0 aromatic rings. The maximum absolute atomic E-state index is 3.46. The molecule has 0 bridgehead atoms. The maximum Gasteiger partial charge on any atom is 0.0125 e. The van der Waals surface area contributed by atoms with Crippen LogP contribution in [0.2, 0.25) is 0 Å². The first-order valence-corrected chi connectivity index (χ1v) is 4.71. The minimum atomic E-state index is 0.694. The molecule has 0 saturated carbocycles. The van der Waals surface area contributed by atoms with Crippen LogP contribution < -0.4 is 0 Å². The molecule has 1 atom stereocenters. The largest absolute Gasteiger partial charge is 0.165 e. The van der Waals surface area contributed by atoms with E-state index in [2.05, 4.69) is 29.1 Å². The number of hydrogen-bond acceptors (Lipinski definition) is 1. The highest BCUT2D eigenvalue weighted by Gasteiger charge is 1.91. The van der Waals surface area contributed by atoms with Crippen LogP contribution in [-0.4, -0.2) is 16.8 Å². The van der Waals surface area contributed by atoms with Crippen LogP contribution in [0.1, 0.15) is 13.3 Å². The number of alkyl halides is 1. The summed E-state index contributed by atoms with van der Waals surface area (Å²) in [4.78, 5) is 0.694. The number of hydrogen-bond donors (Lipinski definition) is 0. The van der Waals surface area contributed by atoms with Gasteiger partial charge in [-0.05, 0) is 18.4 Å². The molecule has 0 radical (unpaired) electrons. The topological polar surface area (TPSA) is 0 Å². The third kappa shape index (κ3) is 6.83. The van der Waals surface area contributed by atoms with Gasteiger partial charge in [0.05, 0.1) is 0 Å². The van der Waals surface area contributed by atoms with E-state index < -0.39 is 0 Å². The fraction of sp³-hybridized carbons (Fsp3) is 1.00. The van der Waals surface area contributed by atoms with Crippen LogP contribution in [0.4, 0.5) is 0 Å². The molecule has 0 aliphatic carbocycles. The van der Waals surface area contributed by atoms with Crippen molar-refractivity contribution < 1.29 is 0 Å². The second-order valence-corrected chi connectivity index (χ2v) is 4.11. The third-order valence-electron chi connectivity index (χ3n) is 0.720. The van der Waals surface area contributed by atoms with E-state index in [-0.39, 0.29) is 0 Å². The van der Waals surface area contributed by atoms with Crippen LogP contribution in [0.3, 0.4) is 0 Å². The van der Waals surface area contributed by atoms with Crippen molar-refractivity contribution in [1.82, 2.24) is 0 Å². The van der Waals surface area contributed by atoms with E-state index in [4.69, 9.17) is 0 Å². The molecule has 0 aliphatic heterocycles. The summed E-state index contributed by atoms with van der Waals surface area (Å²) in [5, 5.41) is 0. The van der Waals surface area contributed by atoms with E-state index in [0.29, 0.717) is 4.83 Å². The highest BCUT2D eigenvalue weighted by molar-refractivity contribution is 9.09. The van der Waals surface area contributed by atoms with Gasteiger partial charge >= 0.3 is 0 Å². The Labute approximate surface area is 58.2 Å². The molecule has 0 aromatic heterocycles. The molecule has 0 aliphatic rings. The van der Waals surface area contributed by atoms with Crippen LogP contribution in [0, 0.1) is 0 Å². The number of halogens is 1. The smallest absolute Gasteiger partial charge is 0.0125 e. The van der Waals surface area contributed by atoms with Crippen molar-refractivity contribution in [2.45, 2.75) is 18.2 Å². The zero-order chi connectivity index (χ0) is 5.70. The van der Waals surface area contributed by atoms with Gasteiger partial charge in [-0.3, -0.25) is 0 Å². The van der Waals surface area contributed by atoms with Crippen molar-refractivity contribution in [2.24, 2.45) is 0 Å². The minimum absolute atomic E-state index is 0.694. The highest BCUT2D eigenvalue weighted by atomic mass is 79.9. The second-order valence-electron chi connectivity index (χ2n) is 1.56. The Morgan fingerprint density at radius 1 is 1.71 bits per heavy atom. The Hall–Kier alpha value is 0.830. The van der Waals surface area contributed by atoms with Crippen molar-refractivity contribution in [2.75, 3.05) is 12.0 Å². The first kappa shape index (κ1) is 7.83. The lowest BCUT2D eigenvalue weighted by Crippen LogP contribution is -1.90. The molecule has 0 rings (SSSR count). The van der Waals surface area contributed by atoms with Crippen LogP contribution in [-0.2, 0) is 0 Å². The Bertz CT molecular complexity index is 37.1. The van der Waals surface area contributed by atoms with Crippen molar-refractivity contribution in [3.8, 4) is 0 Å². The predicted octanol–water partition coefficient (Wildman–Crippen LogP) is 2.52. The molecule has 0 fully saturated rings. The van der Waals surface area contributed by atoms with Crippen molar-refractivity contribution >= 4 is 27.7 Å². The van der Waals surface area contributed by atoms with Crippen molar-refractivity contribution in [3.63, 3.8) is 0 Å². The molecule has 0 aromatic carbocycles. The molecule has 7 heavy (non-hydrogen) atoms. The van der Waals surface area contributed by atoms with Gasteiger partial charge in [0.2, 0.25) is 0 Å². The van der Waals surface area contributed by atoms with Crippen molar-refractivity contribution in [1.29, 1.82) is 0 Å². The molecule has 0 nitrogen and oxygen atoms in total. The lowest BCUT2D eigenvalue weighted by molar-refractivity contribution is 0.934. The quantitative estimate of drug-likeness (QED) is 0.606. The highest BCUT2D eigenvalue weighted by Crippen LogP contribution is 2.06. The fourth-order valence-corrected chi connectivity index (χ4v) is 1.40. The Morgan fingerprint density at radius 3 is 2.43 bits per heavy atom. The van der Waals surface area contributed by atoms with Gasteiger partial charge in [-0.25, -0.2) is 0 Å². The summed E-state index contributed by atoms with van der Waals surface area (Å²) >= 11 is 5.36. The maximum atomic E-state index is 3.46. The summed E-state index contributed by atoms with van der Waals surface area (Å²) in [5.41, 5.74) is 0. The molecular formula is C5H11BrS. The van der Waals surface area contributed by atoms with E-state index in [9.17, 15) is 0 Å². The first-order valence-electron chi connectivity index (χ1n) is 2.40. The van der Waals surface area contributed by atoms with Gasteiger partial charge in [0.25, 0.3) is 0 Å². The molecule has 44 valence electrons. The molecule has 0 N–H and O–H groups in total. The third-order valence-corrected chi connectivity index (χ3v) is 1.82. The summed E-state index contributed by atoms with van der Waals surface area (Å²) < 4.78 is 0. The van der Waals surface area contributed by atoms with Crippen LogP contribution in [0.15, 0.2) is 0 Å². The molecule has 0 saturated heterocycles. The normalized spacial score (nSPS) is 14.1. The summed E-state index contributed by atoms with van der Waals surface area (Å²) in [6.45, 7) is 2.18. The SMILES string of the molecule is CSCCC(C)Br. The summed E-state index contributed by atoms with van der Waals surface area (Å²) in [5.74, 6) is 1.27. The molecule has 0 heterocycles. The lowest BCUT2D eigenvalue weighted by atomic mass is 10.4. The Morgan fingerprint density at radius 2 is 2.29 bits per heavy atom. The number of rotatable bonds is 3. The Balaban J connectivity index is 2.68. The fourth-order valence-electron chi connectivity index (χ4n) is 0.280. The average Bonchev–Trinajstić information content (AvgIpc) is 1.61. The molecule has 0 amide bonds. The Kier molecular flexibility index (Phi) is 5.57. The van der Waals surface area contributed by atoms with Crippen LogP contribution >= 0.6 is 27.7 Å². The second kappa shape index (κ2) is 4.98. The van der Waals surface area contributed by atoms with Gasteiger partial charge < -0.3 is 0 Å². The van der Waals surface area contributed by atoms with E-state index in [1.807, 2.05) is 11.8 Å². The molecule has 0 spiro atoms. The van der Waals surface area contributed by atoms with E-state index in [0.717, 1.165) is 0 Å². The van der Waals surface area contributed by atoms with Crippen LogP contribution in [0.25, 0.3) is 0 Å². The minimum Gasteiger partial charge on any atom is -0.165 e.